The molecule has 0 amide bonds. The van der Waals surface area contributed by atoms with Gasteiger partial charge in [0.15, 0.2) is 11.2 Å². The zero-order valence-electron chi connectivity index (χ0n) is 14.2. The predicted octanol–water partition coefficient (Wildman–Crippen LogP) is 0.486. The molecule has 0 aliphatic rings. The molecular weight excluding hydrogens is 324 g/mol. The van der Waals surface area contributed by atoms with Crippen LogP contribution in [0.1, 0.15) is 11.1 Å². The lowest BCUT2D eigenvalue weighted by atomic mass is 10.2. The van der Waals surface area contributed by atoms with Crippen molar-refractivity contribution in [3.8, 4) is 0 Å². The molecule has 0 bridgehead atoms. The van der Waals surface area contributed by atoms with Crippen LogP contribution in [0.15, 0.2) is 40.2 Å². The molecule has 8 heteroatoms. The lowest BCUT2D eigenvalue weighted by molar-refractivity contribution is -0.145. The first-order valence-electron chi connectivity index (χ1n) is 7.70. The molecule has 0 radical (unpaired) electrons. The van der Waals surface area contributed by atoms with Crippen LogP contribution in [-0.2, 0) is 36.8 Å². The normalized spacial score (nSPS) is 11.0. The number of carbonyl (C=O) groups excluding carboxylic acids is 1. The molecule has 1 aromatic carbocycles. The second kappa shape index (κ2) is 6.39. The molecule has 0 aliphatic heterocycles. The van der Waals surface area contributed by atoms with Crippen molar-refractivity contribution in [2.45, 2.75) is 20.1 Å². The minimum Gasteiger partial charge on any atom is -0.459 e. The quantitative estimate of drug-likeness (QED) is 0.644. The van der Waals surface area contributed by atoms with Gasteiger partial charge in [0.1, 0.15) is 13.2 Å². The van der Waals surface area contributed by atoms with Gasteiger partial charge < -0.3 is 9.30 Å². The molecule has 0 saturated heterocycles. The van der Waals surface area contributed by atoms with Gasteiger partial charge >= 0.3 is 11.7 Å². The molecule has 0 saturated carbocycles. The topological polar surface area (TPSA) is 88.1 Å². The smallest absolute Gasteiger partial charge is 0.332 e. The number of rotatable bonds is 4. The molecule has 8 nitrogen and oxygen atoms in total. The summed E-state index contributed by atoms with van der Waals surface area (Å²) in [5.74, 6) is -0.490. The predicted molar refractivity (Wildman–Crippen MR) is 91.2 cm³/mol. The molecule has 25 heavy (non-hydrogen) atoms. The summed E-state index contributed by atoms with van der Waals surface area (Å²) >= 11 is 0. The van der Waals surface area contributed by atoms with E-state index < -0.39 is 17.2 Å². The maximum absolute atomic E-state index is 12.3. The van der Waals surface area contributed by atoms with Gasteiger partial charge in [0.05, 0.1) is 6.33 Å². The van der Waals surface area contributed by atoms with Crippen LogP contribution in [0.5, 0.6) is 0 Å². The second-order valence-electron chi connectivity index (χ2n) is 5.90. The summed E-state index contributed by atoms with van der Waals surface area (Å²) in [6.07, 6.45) is 1.36. The number of ether oxygens (including phenoxy) is 1. The molecule has 0 spiro atoms. The SMILES string of the molecule is Cc1ccc(COC(=O)Cn2cnc3c2c(=O)n(C)c(=O)n3C)cc1. The summed E-state index contributed by atoms with van der Waals surface area (Å²) in [6, 6.07) is 7.66. The molecule has 0 aliphatic carbocycles. The summed E-state index contributed by atoms with van der Waals surface area (Å²) in [4.78, 5) is 40.4. The van der Waals surface area contributed by atoms with E-state index >= 15 is 0 Å². The number of imidazole rings is 1. The van der Waals surface area contributed by atoms with Crippen molar-refractivity contribution in [3.05, 3.63) is 62.6 Å². The number of hydrogen-bond donors (Lipinski definition) is 0. The molecule has 0 unspecified atom stereocenters. The van der Waals surface area contributed by atoms with Crippen molar-refractivity contribution in [1.82, 2.24) is 18.7 Å². The molecule has 2 aromatic heterocycles. The van der Waals surface area contributed by atoms with Gasteiger partial charge in [-0.1, -0.05) is 29.8 Å². The van der Waals surface area contributed by atoms with Gasteiger partial charge in [0.2, 0.25) is 0 Å². The Hall–Kier alpha value is -3.16. The van der Waals surface area contributed by atoms with Crippen LogP contribution >= 0.6 is 0 Å². The number of esters is 1. The van der Waals surface area contributed by atoms with Gasteiger partial charge in [0.25, 0.3) is 5.56 Å². The van der Waals surface area contributed by atoms with Crippen molar-refractivity contribution < 1.29 is 9.53 Å². The molecule has 2 heterocycles. The Morgan fingerprint density at radius 1 is 1.12 bits per heavy atom. The van der Waals surface area contributed by atoms with E-state index in [1.165, 1.54) is 29.6 Å². The average molecular weight is 342 g/mol. The summed E-state index contributed by atoms with van der Waals surface area (Å²) in [6.45, 7) is 1.98. The number of nitrogens with zero attached hydrogens (tertiary/aromatic N) is 4. The van der Waals surface area contributed by atoms with Crippen LogP contribution in [0.2, 0.25) is 0 Å². The fraction of sp³-hybridized carbons (Fsp3) is 0.294. The van der Waals surface area contributed by atoms with Crippen molar-refractivity contribution in [1.29, 1.82) is 0 Å². The van der Waals surface area contributed by atoms with Gasteiger partial charge in [-0.3, -0.25) is 18.7 Å². The Bertz CT molecular complexity index is 1060. The van der Waals surface area contributed by atoms with E-state index in [0.29, 0.717) is 0 Å². The van der Waals surface area contributed by atoms with E-state index in [-0.39, 0.29) is 24.3 Å². The molecule has 130 valence electrons. The highest BCUT2D eigenvalue weighted by molar-refractivity contribution is 5.75. The third-order valence-corrected chi connectivity index (χ3v) is 4.04. The number of aromatic nitrogens is 4. The number of benzene rings is 1. The Morgan fingerprint density at radius 2 is 1.80 bits per heavy atom. The number of carbonyl (C=O) groups is 1. The molecule has 3 rings (SSSR count). The van der Waals surface area contributed by atoms with Gasteiger partial charge in [-0.05, 0) is 12.5 Å². The van der Waals surface area contributed by atoms with Crippen molar-refractivity contribution in [3.63, 3.8) is 0 Å². The van der Waals surface area contributed by atoms with Crippen LogP contribution in [0.4, 0.5) is 0 Å². The lowest BCUT2D eigenvalue weighted by Crippen LogP contribution is -2.37. The largest absolute Gasteiger partial charge is 0.459 e. The van der Waals surface area contributed by atoms with E-state index in [4.69, 9.17) is 4.74 Å². The molecular formula is C17H18N4O4. The van der Waals surface area contributed by atoms with Gasteiger partial charge in [0, 0.05) is 14.1 Å². The minimum atomic E-state index is -0.498. The molecule has 0 atom stereocenters. The fourth-order valence-electron chi connectivity index (χ4n) is 2.55. The summed E-state index contributed by atoms with van der Waals surface area (Å²) in [7, 11) is 2.91. The first-order chi connectivity index (χ1) is 11.9. The molecule has 3 aromatic rings. The van der Waals surface area contributed by atoms with Crippen LogP contribution in [0.3, 0.4) is 0 Å². The monoisotopic (exact) mass is 342 g/mol. The van der Waals surface area contributed by atoms with Crippen LogP contribution in [0.25, 0.3) is 11.2 Å². The Morgan fingerprint density at radius 3 is 2.48 bits per heavy atom. The highest BCUT2D eigenvalue weighted by Crippen LogP contribution is 2.08. The maximum atomic E-state index is 12.3. The highest BCUT2D eigenvalue weighted by Gasteiger charge is 2.16. The maximum Gasteiger partial charge on any atom is 0.332 e. The van der Waals surface area contributed by atoms with Crippen molar-refractivity contribution >= 4 is 17.1 Å². The summed E-state index contributed by atoms with van der Waals surface area (Å²) in [5.41, 5.74) is 1.47. The van der Waals surface area contributed by atoms with Gasteiger partial charge in [-0.15, -0.1) is 0 Å². The van der Waals surface area contributed by atoms with Crippen LogP contribution in [0, 0.1) is 6.92 Å². The average Bonchev–Trinajstić information content (AvgIpc) is 3.01. The Labute approximate surface area is 142 Å². The zero-order valence-corrected chi connectivity index (χ0v) is 14.2. The fourth-order valence-corrected chi connectivity index (χ4v) is 2.55. The van der Waals surface area contributed by atoms with E-state index in [2.05, 4.69) is 4.98 Å². The van der Waals surface area contributed by atoms with Gasteiger partial charge in [-0.2, -0.15) is 0 Å². The van der Waals surface area contributed by atoms with E-state index in [1.54, 1.807) is 0 Å². The third-order valence-electron chi connectivity index (χ3n) is 4.04. The van der Waals surface area contributed by atoms with Gasteiger partial charge in [-0.25, -0.2) is 9.78 Å². The first-order valence-corrected chi connectivity index (χ1v) is 7.70. The lowest BCUT2D eigenvalue weighted by Gasteiger charge is -2.08. The minimum absolute atomic E-state index is 0.155. The standard InChI is InChI=1S/C17H18N4O4/c1-11-4-6-12(7-5-11)9-25-13(22)8-21-10-18-15-14(21)16(23)20(3)17(24)19(15)2/h4-7,10H,8-9H2,1-3H3. The zero-order chi connectivity index (χ0) is 18.1. The number of fused-ring (bicyclic) bond motifs is 1. The summed E-state index contributed by atoms with van der Waals surface area (Å²) in [5, 5.41) is 0. The number of hydrogen-bond acceptors (Lipinski definition) is 5. The van der Waals surface area contributed by atoms with Crippen LogP contribution in [-0.4, -0.2) is 24.7 Å². The van der Waals surface area contributed by atoms with Crippen molar-refractivity contribution in [2.24, 2.45) is 14.1 Å². The third kappa shape index (κ3) is 3.10. The number of aryl methyl sites for hydroxylation is 2. The molecule has 0 N–H and O–H groups in total. The van der Waals surface area contributed by atoms with E-state index in [1.807, 2.05) is 31.2 Å². The van der Waals surface area contributed by atoms with E-state index in [9.17, 15) is 14.4 Å². The Kier molecular flexibility index (Phi) is 4.26. The van der Waals surface area contributed by atoms with Crippen molar-refractivity contribution in [2.75, 3.05) is 0 Å². The second-order valence-corrected chi connectivity index (χ2v) is 5.90. The molecule has 0 fully saturated rings. The first kappa shape index (κ1) is 16.7. The van der Waals surface area contributed by atoms with E-state index in [0.717, 1.165) is 15.7 Å². The highest BCUT2D eigenvalue weighted by atomic mass is 16.5. The summed E-state index contributed by atoms with van der Waals surface area (Å²) < 4.78 is 8.90. The Balaban J connectivity index is 1.81. The van der Waals surface area contributed by atoms with Crippen LogP contribution < -0.4 is 11.2 Å².